The number of aromatic nitrogens is 1. The second-order valence-electron chi connectivity index (χ2n) is 3.61. The van der Waals surface area contributed by atoms with Crippen molar-refractivity contribution in [3.63, 3.8) is 0 Å². The summed E-state index contributed by atoms with van der Waals surface area (Å²) in [6.07, 6.45) is 1.36. The molecule has 0 saturated heterocycles. The fourth-order valence-corrected chi connectivity index (χ4v) is 1.52. The third-order valence-electron chi connectivity index (χ3n) is 2.47. The molecule has 0 unspecified atom stereocenters. The molecule has 0 aliphatic carbocycles. The van der Waals surface area contributed by atoms with E-state index in [9.17, 15) is 9.59 Å². The molecule has 0 spiro atoms. The molecular formula is C12H10N2O4. The molecule has 18 heavy (non-hydrogen) atoms. The Morgan fingerprint density at radius 3 is 2.72 bits per heavy atom. The number of hydrogen-bond donors (Lipinski definition) is 2. The molecule has 0 radical (unpaired) electrons. The molecule has 1 aromatic carbocycles. The zero-order valence-electron chi connectivity index (χ0n) is 9.51. The maximum atomic E-state index is 11.7. The van der Waals surface area contributed by atoms with E-state index in [0.717, 1.165) is 0 Å². The van der Waals surface area contributed by atoms with Crippen molar-refractivity contribution in [2.24, 2.45) is 0 Å². The molecule has 0 aliphatic rings. The van der Waals surface area contributed by atoms with E-state index in [2.05, 4.69) is 10.5 Å². The Labute approximate surface area is 102 Å². The number of anilines is 1. The number of carbonyl (C=O) groups excluding carboxylic acids is 1. The van der Waals surface area contributed by atoms with Crippen molar-refractivity contribution in [3.8, 4) is 0 Å². The van der Waals surface area contributed by atoms with Crippen molar-refractivity contribution in [1.82, 2.24) is 5.16 Å². The lowest BCUT2D eigenvalue weighted by Gasteiger charge is -2.08. The lowest BCUT2D eigenvalue weighted by molar-refractivity contribution is 0.0695. The van der Waals surface area contributed by atoms with Crippen LogP contribution >= 0.6 is 0 Å². The number of rotatable bonds is 3. The molecule has 6 heteroatoms. The van der Waals surface area contributed by atoms with Gasteiger partial charge in [-0.3, -0.25) is 4.79 Å². The van der Waals surface area contributed by atoms with Gasteiger partial charge >= 0.3 is 5.97 Å². The van der Waals surface area contributed by atoms with Crippen LogP contribution in [0.1, 0.15) is 26.5 Å². The minimum Gasteiger partial charge on any atom is -0.478 e. The van der Waals surface area contributed by atoms with Crippen LogP contribution in [0.2, 0.25) is 0 Å². The number of carboxylic acids is 1. The van der Waals surface area contributed by atoms with Gasteiger partial charge in [-0.2, -0.15) is 0 Å². The summed E-state index contributed by atoms with van der Waals surface area (Å²) in [5.74, 6) is -1.45. The Bertz CT molecular complexity index is 590. The Morgan fingerprint density at radius 1 is 1.33 bits per heavy atom. The van der Waals surface area contributed by atoms with Gasteiger partial charge in [0.2, 0.25) is 5.76 Å². The zero-order valence-corrected chi connectivity index (χ0v) is 9.51. The van der Waals surface area contributed by atoms with Gasteiger partial charge in [0.25, 0.3) is 5.91 Å². The van der Waals surface area contributed by atoms with E-state index in [1.54, 1.807) is 19.1 Å². The first-order valence-electron chi connectivity index (χ1n) is 5.14. The highest BCUT2D eigenvalue weighted by Crippen LogP contribution is 2.19. The SMILES string of the molecule is Cc1c(NC(=O)c2ccno2)cccc1C(=O)O. The van der Waals surface area contributed by atoms with Gasteiger partial charge in [0.05, 0.1) is 11.8 Å². The first kappa shape index (κ1) is 11.8. The van der Waals surface area contributed by atoms with Crippen molar-refractivity contribution in [2.75, 3.05) is 5.32 Å². The number of hydrogen-bond acceptors (Lipinski definition) is 4. The summed E-state index contributed by atoms with van der Waals surface area (Å²) in [6, 6.07) is 6.08. The van der Waals surface area contributed by atoms with Crippen LogP contribution in [-0.4, -0.2) is 22.1 Å². The normalized spacial score (nSPS) is 10.1. The Kier molecular flexibility index (Phi) is 3.09. The highest BCUT2D eigenvalue weighted by atomic mass is 16.5. The van der Waals surface area contributed by atoms with Crippen LogP contribution in [0.15, 0.2) is 35.0 Å². The first-order chi connectivity index (χ1) is 8.59. The molecule has 0 fully saturated rings. The molecule has 92 valence electrons. The smallest absolute Gasteiger partial charge is 0.336 e. The molecule has 2 aromatic rings. The van der Waals surface area contributed by atoms with E-state index in [0.29, 0.717) is 11.3 Å². The Balaban J connectivity index is 2.27. The summed E-state index contributed by atoms with van der Waals surface area (Å²) in [4.78, 5) is 22.7. The van der Waals surface area contributed by atoms with Gasteiger partial charge in [-0.25, -0.2) is 4.79 Å². The standard InChI is InChI=1S/C12H10N2O4/c1-7-8(12(16)17)3-2-4-9(7)14-11(15)10-5-6-13-18-10/h2-6H,1H3,(H,14,15)(H,16,17). The highest BCUT2D eigenvalue weighted by Gasteiger charge is 2.14. The minimum atomic E-state index is -1.04. The van der Waals surface area contributed by atoms with Crippen LogP contribution in [0, 0.1) is 6.92 Å². The number of aromatic carboxylic acids is 1. The zero-order chi connectivity index (χ0) is 13.1. The number of carboxylic acid groups (broad SMARTS) is 1. The van der Waals surface area contributed by atoms with Gasteiger partial charge in [-0.1, -0.05) is 11.2 Å². The van der Waals surface area contributed by atoms with Crippen LogP contribution in [0.4, 0.5) is 5.69 Å². The summed E-state index contributed by atoms with van der Waals surface area (Å²) >= 11 is 0. The first-order valence-corrected chi connectivity index (χ1v) is 5.14. The van der Waals surface area contributed by atoms with Crippen LogP contribution in [0.3, 0.4) is 0 Å². The van der Waals surface area contributed by atoms with Crippen molar-refractivity contribution in [2.45, 2.75) is 6.92 Å². The van der Waals surface area contributed by atoms with Gasteiger partial charge in [0, 0.05) is 11.8 Å². The maximum Gasteiger partial charge on any atom is 0.336 e. The van der Waals surface area contributed by atoms with E-state index in [-0.39, 0.29) is 11.3 Å². The van der Waals surface area contributed by atoms with E-state index in [4.69, 9.17) is 9.63 Å². The molecular weight excluding hydrogens is 236 g/mol. The van der Waals surface area contributed by atoms with Crippen molar-refractivity contribution >= 4 is 17.6 Å². The van der Waals surface area contributed by atoms with E-state index < -0.39 is 11.9 Å². The second kappa shape index (κ2) is 4.70. The molecule has 0 bridgehead atoms. The summed E-state index contributed by atoms with van der Waals surface area (Å²) in [7, 11) is 0. The van der Waals surface area contributed by atoms with Gasteiger partial charge in [-0.15, -0.1) is 0 Å². The molecule has 0 saturated carbocycles. The Morgan fingerprint density at radius 2 is 2.11 bits per heavy atom. The van der Waals surface area contributed by atoms with Crippen molar-refractivity contribution in [1.29, 1.82) is 0 Å². The number of nitrogens with one attached hydrogen (secondary N) is 1. The minimum absolute atomic E-state index is 0.0649. The molecule has 0 aliphatic heterocycles. The van der Waals surface area contributed by atoms with Crippen molar-refractivity contribution < 1.29 is 19.2 Å². The summed E-state index contributed by atoms with van der Waals surface area (Å²) in [6.45, 7) is 1.62. The lowest BCUT2D eigenvalue weighted by Crippen LogP contribution is -2.13. The third kappa shape index (κ3) is 2.22. The van der Waals surface area contributed by atoms with Crippen LogP contribution in [-0.2, 0) is 0 Å². The second-order valence-corrected chi connectivity index (χ2v) is 3.61. The number of carbonyl (C=O) groups is 2. The topological polar surface area (TPSA) is 92.4 Å². The van der Waals surface area contributed by atoms with Crippen LogP contribution in [0.5, 0.6) is 0 Å². The maximum absolute atomic E-state index is 11.7. The number of benzene rings is 1. The van der Waals surface area contributed by atoms with Crippen molar-refractivity contribution in [3.05, 3.63) is 47.3 Å². The highest BCUT2D eigenvalue weighted by molar-refractivity contribution is 6.03. The average molecular weight is 246 g/mol. The fourth-order valence-electron chi connectivity index (χ4n) is 1.52. The van der Waals surface area contributed by atoms with Gasteiger partial charge < -0.3 is 14.9 Å². The third-order valence-corrected chi connectivity index (χ3v) is 2.47. The fraction of sp³-hybridized carbons (Fsp3) is 0.0833. The molecule has 2 N–H and O–H groups in total. The number of nitrogens with zero attached hydrogens (tertiary/aromatic N) is 1. The monoisotopic (exact) mass is 246 g/mol. The predicted molar refractivity (Wildman–Crippen MR) is 62.6 cm³/mol. The molecule has 1 amide bonds. The van der Waals surface area contributed by atoms with Gasteiger partial charge in [0.1, 0.15) is 0 Å². The summed E-state index contributed by atoms with van der Waals surface area (Å²) in [5, 5.41) is 15.0. The van der Waals surface area contributed by atoms with Crippen LogP contribution < -0.4 is 5.32 Å². The average Bonchev–Trinajstić information content (AvgIpc) is 2.85. The molecule has 2 rings (SSSR count). The summed E-state index contributed by atoms with van der Waals surface area (Å²) in [5.41, 5.74) is 1.06. The number of amides is 1. The Hall–Kier alpha value is -2.63. The summed E-state index contributed by atoms with van der Waals surface area (Å²) < 4.78 is 4.71. The quantitative estimate of drug-likeness (QED) is 0.863. The van der Waals surface area contributed by atoms with Gasteiger partial charge in [-0.05, 0) is 24.6 Å². The molecule has 0 atom stereocenters. The molecule has 6 nitrogen and oxygen atoms in total. The lowest BCUT2D eigenvalue weighted by atomic mass is 10.1. The van der Waals surface area contributed by atoms with E-state index in [1.807, 2.05) is 0 Å². The van der Waals surface area contributed by atoms with Gasteiger partial charge in [0.15, 0.2) is 0 Å². The van der Waals surface area contributed by atoms with Crippen LogP contribution in [0.25, 0.3) is 0 Å². The largest absolute Gasteiger partial charge is 0.478 e. The van der Waals surface area contributed by atoms with E-state index >= 15 is 0 Å². The van der Waals surface area contributed by atoms with E-state index in [1.165, 1.54) is 18.3 Å². The molecule has 1 heterocycles. The predicted octanol–water partition coefficient (Wildman–Crippen LogP) is 1.93. The molecule has 1 aromatic heterocycles.